The topological polar surface area (TPSA) is 55.8 Å². The number of halogens is 3. The highest BCUT2D eigenvalue weighted by Gasteiger charge is 2.31. The van der Waals surface area contributed by atoms with Gasteiger partial charge in [0, 0.05) is 42.6 Å². The van der Waals surface area contributed by atoms with Crippen molar-refractivity contribution in [3.8, 4) is 5.75 Å². The Morgan fingerprint density at radius 3 is 2.32 bits per heavy atom. The summed E-state index contributed by atoms with van der Waals surface area (Å²) in [4.78, 5) is 2.25. The van der Waals surface area contributed by atoms with E-state index in [-0.39, 0.29) is 18.3 Å². The van der Waals surface area contributed by atoms with Gasteiger partial charge < -0.3 is 13.6 Å². The van der Waals surface area contributed by atoms with E-state index in [1.54, 1.807) is 18.2 Å². The smallest absolute Gasteiger partial charge is 0.573 e. The summed E-state index contributed by atoms with van der Waals surface area (Å²) in [5, 5.41) is 1.95. The third kappa shape index (κ3) is 6.35. The largest absolute Gasteiger partial charge is 0.755 e. The van der Waals surface area contributed by atoms with Crippen LogP contribution in [0, 0.1) is 0 Å². The van der Waals surface area contributed by atoms with Gasteiger partial charge in [-0.2, -0.15) is 0 Å². The number of hydrogen-bond donors (Lipinski definition) is 0. The van der Waals surface area contributed by atoms with Crippen molar-refractivity contribution in [1.82, 2.24) is 4.90 Å². The van der Waals surface area contributed by atoms with Gasteiger partial charge in [-0.3, -0.25) is 9.11 Å². The molecule has 5 nitrogen and oxygen atoms in total. The molecule has 1 heterocycles. The molecular formula is C29H26F3N2O3S-. The van der Waals surface area contributed by atoms with E-state index in [9.17, 15) is 21.9 Å². The molecule has 1 aliphatic rings. The Morgan fingerprint density at radius 1 is 0.921 bits per heavy atom. The quantitative estimate of drug-likeness (QED) is 0.258. The second-order valence-corrected chi connectivity index (χ2v) is 10.2. The summed E-state index contributed by atoms with van der Waals surface area (Å²) in [6.45, 7) is 1.60. The maximum Gasteiger partial charge on any atom is 0.573 e. The Bertz CT molecular complexity index is 1430. The van der Waals surface area contributed by atoms with Gasteiger partial charge in [-0.15, -0.1) is 13.2 Å². The first-order valence-corrected chi connectivity index (χ1v) is 13.3. The fraction of sp³-hybridized carbons (Fsp3) is 0.241. The van der Waals surface area contributed by atoms with Crippen LogP contribution in [0.5, 0.6) is 5.75 Å². The summed E-state index contributed by atoms with van der Waals surface area (Å²) in [7, 11) is 0. The molecule has 0 saturated heterocycles. The molecule has 9 heteroatoms. The van der Waals surface area contributed by atoms with E-state index in [4.69, 9.17) is 0 Å². The van der Waals surface area contributed by atoms with Gasteiger partial charge in [0.2, 0.25) is 0 Å². The van der Waals surface area contributed by atoms with Crippen molar-refractivity contribution < 1.29 is 26.7 Å². The predicted molar refractivity (Wildman–Crippen MR) is 141 cm³/mol. The van der Waals surface area contributed by atoms with Gasteiger partial charge in [0.1, 0.15) is 5.75 Å². The van der Waals surface area contributed by atoms with Gasteiger partial charge in [0.25, 0.3) is 0 Å². The zero-order valence-corrected chi connectivity index (χ0v) is 21.3. The minimum absolute atomic E-state index is 0.192. The predicted octanol–water partition coefficient (Wildman–Crippen LogP) is 6.01. The number of benzene rings is 4. The highest BCUT2D eigenvalue weighted by atomic mass is 32.2. The van der Waals surface area contributed by atoms with Crippen molar-refractivity contribution >= 4 is 27.7 Å². The van der Waals surface area contributed by atoms with Crippen LogP contribution in [0.3, 0.4) is 0 Å². The third-order valence-electron chi connectivity index (χ3n) is 6.88. The second kappa shape index (κ2) is 11.1. The summed E-state index contributed by atoms with van der Waals surface area (Å²) in [5.41, 5.74) is 3.82. The van der Waals surface area contributed by atoms with E-state index >= 15 is 0 Å². The fourth-order valence-corrected chi connectivity index (χ4v) is 5.59. The van der Waals surface area contributed by atoms with Gasteiger partial charge in [-0.25, -0.2) is 0 Å². The standard InChI is InChI=1S/C29H27F3N2O3S/c30-29(31,32)37-28-13-9-21(10-14-28)17-27(33-16-15-23-6-2-4-8-25(23)19-33)20-34(38(35)36)26-12-11-22-5-1-3-7-24(22)18-26/h1-14,18,27H,15-17,19-20H2,(H,35,36)/p-1. The molecule has 0 N–H and O–H groups in total. The molecule has 0 fully saturated rings. The Labute approximate surface area is 221 Å². The lowest BCUT2D eigenvalue weighted by Crippen LogP contribution is -2.47. The van der Waals surface area contributed by atoms with Crippen LogP contribution in [-0.4, -0.2) is 39.2 Å². The number of fused-ring (bicyclic) bond motifs is 2. The molecule has 2 unspecified atom stereocenters. The molecule has 198 valence electrons. The van der Waals surface area contributed by atoms with Gasteiger partial charge in [0.05, 0.1) is 0 Å². The third-order valence-corrected chi connectivity index (χ3v) is 7.60. The molecule has 0 aliphatic carbocycles. The first-order valence-electron chi connectivity index (χ1n) is 12.3. The molecule has 38 heavy (non-hydrogen) atoms. The lowest BCUT2D eigenvalue weighted by Gasteiger charge is -2.39. The van der Waals surface area contributed by atoms with E-state index in [0.29, 0.717) is 18.7 Å². The molecule has 0 radical (unpaired) electrons. The number of anilines is 1. The highest BCUT2D eigenvalue weighted by Crippen LogP contribution is 2.28. The van der Waals surface area contributed by atoms with Gasteiger partial charge in [-0.05, 0) is 64.6 Å². The summed E-state index contributed by atoms with van der Waals surface area (Å²) < 4.78 is 68.1. The van der Waals surface area contributed by atoms with E-state index in [0.717, 1.165) is 29.3 Å². The minimum Gasteiger partial charge on any atom is -0.755 e. The second-order valence-electron chi connectivity index (χ2n) is 9.35. The molecule has 0 spiro atoms. The van der Waals surface area contributed by atoms with Crippen LogP contribution >= 0.6 is 0 Å². The summed E-state index contributed by atoms with van der Waals surface area (Å²) in [6.07, 6.45) is -3.47. The van der Waals surface area contributed by atoms with Crippen LogP contribution in [0.2, 0.25) is 0 Å². The molecule has 0 aromatic heterocycles. The zero-order chi connectivity index (χ0) is 26.7. The van der Waals surface area contributed by atoms with E-state index in [1.165, 1.54) is 27.6 Å². The molecule has 0 bridgehead atoms. The number of alkyl halides is 3. The Hall–Kier alpha value is -3.40. The monoisotopic (exact) mass is 539 g/mol. The minimum atomic E-state index is -4.76. The molecular weight excluding hydrogens is 513 g/mol. The summed E-state index contributed by atoms with van der Waals surface area (Å²) in [6, 6.07) is 27.0. The first-order chi connectivity index (χ1) is 18.2. The first kappa shape index (κ1) is 26.2. The molecule has 0 saturated carbocycles. The van der Waals surface area contributed by atoms with Crippen LogP contribution in [0.1, 0.15) is 16.7 Å². The molecule has 1 aliphatic heterocycles. The van der Waals surface area contributed by atoms with Gasteiger partial charge in [0.15, 0.2) is 0 Å². The van der Waals surface area contributed by atoms with Crippen LogP contribution in [-0.2, 0) is 30.7 Å². The lowest BCUT2D eigenvalue weighted by atomic mass is 9.96. The average Bonchev–Trinajstić information content (AvgIpc) is 2.90. The van der Waals surface area contributed by atoms with E-state index < -0.39 is 17.6 Å². The van der Waals surface area contributed by atoms with Crippen LogP contribution in [0.4, 0.5) is 18.9 Å². The molecule has 4 aromatic rings. The van der Waals surface area contributed by atoms with Crippen molar-refractivity contribution in [2.24, 2.45) is 0 Å². The Balaban J connectivity index is 1.43. The maximum absolute atomic E-state index is 12.6. The van der Waals surface area contributed by atoms with Crippen LogP contribution in [0.15, 0.2) is 91.0 Å². The number of ether oxygens (including phenoxy) is 1. The average molecular weight is 540 g/mol. The number of rotatable bonds is 8. The Morgan fingerprint density at radius 2 is 1.61 bits per heavy atom. The molecule has 0 amide bonds. The maximum atomic E-state index is 12.6. The van der Waals surface area contributed by atoms with Crippen LogP contribution < -0.4 is 9.04 Å². The number of nitrogens with zero attached hydrogens (tertiary/aromatic N) is 2. The molecule has 4 aromatic carbocycles. The Kier molecular flexibility index (Phi) is 7.69. The number of hydrogen-bond acceptors (Lipinski definition) is 4. The van der Waals surface area contributed by atoms with Gasteiger partial charge >= 0.3 is 6.36 Å². The molecule has 2 atom stereocenters. The summed E-state index contributed by atoms with van der Waals surface area (Å²) >= 11 is -2.53. The van der Waals surface area contributed by atoms with Crippen molar-refractivity contribution in [2.75, 3.05) is 17.4 Å². The highest BCUT2D eigenvalue weighted by molar-refractivity contribution is 7.80. The molecule has 5 rings (SSSR count). The van der Waals surface area contributed by atoms with E-state index in [2.05, 4.69) is 21.8 Å². The summed E-state index contributed by atoms with van der Waals surface area (Å²) in [5.74, 6) is -0.289. The van der Waals surface area contributed by atoms with Crippen LogP contribution in [0.25, 0.3) is 10.8 Å². The van der Waals surface area contributed by atoms with Crippen molar-refractivity contribution in [2.45, 2.75) is 31.8 Å². The van der Waals surface area contributed by atoms with Crippen molar-refractivity contribution in [1.29, 1.82) is 0 Å². The van der Waals surface area contributed by atoms with Crippen molar-refractivity contribution in [3.63, 3.8) is 0 Å². The normalized spacial score (nSPS) is 15.6. The van der Waals surface area contributed by atoms with E-state index in [1.807, 2.05) is 48.5 Å². The SMILES string of the molecule is O=S([O-])N(CC(Cc1ccc(OC(F)(F)F)cc1)N1CCc2ccccc2C1)c1ccc2ccccc2c1. The fourth-order valence-electron chi connectivity index (χ4n) is 5.01. The lowest BCUT2D eigenvalue weighted by molar-refractivity contribution is -0.274. The van der Waals surface area contributed by atoms with Gasteiger partial charge in [-0.1, -0.05) is 66.7 Å². The zero-order valence-electron chi connectivity index (χ0n) is 20.4. The van der Waals surface area contributed by atoms with Crippen molar-refractivity contribution in [3.05, 3.63) is 108 Å².